The van der Waals surface area contributed by atoms with Gasteiger partial charge in [0.05, 0.1) is 38.7 Å². The second kappa shape index (κ2) is 9.25. The Bertz CT molecular complexity index is 1320. The van der Waals surface area contributed by atoms with Crippen LogP contribution in [0.25, 0.3) is 0 Å². The van der Waals surface area contributed by atoms with E-state index in [1.165, 1.54) is 7.11 Å². The Labute approximate surface area is 204 Å². The number of nitrogens with one attached hydrogen (secondary N) is 2. The zero-order valence-electron chi connectivity index (χ0n) is 19.9. The average molecular weight is 473 g/mol. The molecule has 1 aliphatic carbocycles. The first-order valence-electron chi connectivity index (χ1n) is 11.5. The molecule has 0 amide bonds. The Hall–Kier alpha value is -4.13. The fourth-order valence-electron chi connectivity index (χ4n) is 4.97. The highest BCUT2D eigenvalue weighted by molar-refractivity contribution is 6.01. The number of rotatable bonds is 5. The van der Waals surface area contributed by atoms with Crippen LogP contribution < -0.4 is 24.8 Å². The molecule has 0 fully saturated rings. The van der Waals surface area contributed by atoms with Gasteiger partial charge in [-0.05, 0) is 59.9 Å². The number of phenols is 1. The topological polar surface area (TPSA) is 89.1 Å². The number of allylic oxidation sites excluding steroid dienone is 1. The monoisotopic (exact) mass is 472 g/mol. The van der Waals surface area contributed by atoms with Gasteiger partial charge in [0.15, 0.2) is 28.8 Å². The van der Waals surface area contributed by atoms with E-state index in [2.05, 4.69) is 10.6 Å². The molecule has 0 radical (unpaired) electrons. The quantitative estimate of drug-likeness (QED) is 0.458. The third-order valence-corrected chi connectivity index (χ3v) is 6.72. The lowest BCUT2D eigenvalue weighted by molar-refractivity contribution is -0.116. The molecule has 3 N–H and O–H groups in total. The number of ketones is 1. The summed E-state index contributed by atoms with van der Waals surface area (Å²) < 4.78 is 16.1. The van der Waals surface area contributed by atoms with Crippen LogP contribution in [0.2, 0.25) is 0 Å². The largest absolute Gasteiger partial charge is 0.504 e. The van der Waals surface area contributed by atoms with Gasteiger partial charge in [0, 0.05) is 17.7 Å². The van der Waals surface area contributed by atoms with Gasteiger partial charge >= 0.3 is 0 Å². The van der Waals surface area contributed by atoms with E-state index in [1.807, 2.05) is 48.5 Å². The van der Waals surface area contributed by atoms with Gasteiger partial charge in [-0.1, -0.05) is 24.3 Å². The number of para-hydroxylation sites is 2. The Morgan fingerprint density at radius 3 is 2.20 bits per heavy atom. The minimum absolute atomic E-state index is 0.0104. The second-order valence-corrected chi connectivity index (χ2v) is 8.71. The minimum atomic E-state index is -0.420. The van der Waals surface area contributed by atoms with Crippen molar-refractivity contribution in [2.24, 2.45) is 0 Å². The maximum Gasteiger partial charge on any atom is 0.163 e. The van der Waals surface area contributed by atoms with E-state index in [0.717, 1.165) is 28.2 Å². The van der Waals surface area contributed by atoms with Crippen LogP contribution in [0.3, 0.4) is 0 Å². The SMILES string of the molecule is COc1ccc([C@@H]2Nc3ccccc3NC3=C2C(=O)C[C@H](c2ccc(OC)c(OC)c2)C3)cc1O. The number of hydrogen-bond donors (Lipinski definition) is 3. The van der Waals surface area contributed by atoms with Gasteiger partial charge in [-0.3, -0.25) is 4.79 Å². The van der Waals surface area contributed by atoms with E-state index in [4.69, 9.17) is 14.2 Å². The molecule has 1 aliphatic heterocycles. The molecule has 0 aromatic heterocycles. The summed E-state index contributed by atoms with van der Waals surface area (Å²) in [5.74, 6) is 1.76. The molecule has 0 unspecified atom stereocenters. The molecule has 35 heavy (non-hydrogen) atoms. The molecule has 0 saturated heterocycles. The Morgan fingerprint density at radius 1 is 0.800 bits per heavy atom. The van der Waals surface area contributed by atoms with Crippen LogP contribution in [-0.4, -0.2) is 32.2 Å². The molecule has 7 heteroatoms. The van der Waals surface area contributed by atoms with Crippen LogP contribution in [0.1, 0.15) is 35.9 Å². The van der Waals surface area contributed by atoms with E-state index >= 15 is 0 Å². The van der Waals surface area contributed by atoms with Crippen LogP contribution in [0, 0.1) is 0 Å². The lowest BCUT2D eigenvalue weighted by Gasteiger charge is -2.30. The fraction of sp³-hybridized carbons (Fsp3) is 0.250. The van der Waals surface area contributed by atoms with Crippen LogP contribution in [0.15, 0.2) is 71.9 Å². The number of ether oxygens (including phenoxy) is 3. The van der Waals surface area contributed by atoms with E-state index in [-0.39, 0.29) is 17.5 Å². The summed E-state index contributed by atoms with van der Waals surface area (Å²) in [7, 11) is 4.73. The molecule has 7 nitrogen and oxygen atoms in total. The summed E-state index contributed by atoms with van der Waals surface area (Å²) in [5.41, 5.74) is 5.15. The maximum atomic E-state index is 13.7. The lowest BCUT2D eigenvalue weighted by Crippen LogP contribution is -2.26. The van der Waals surface area contributed by atoms with Crippen molar-refractivity contribution in [1.29, 1.82) is 0 Å². The standard InChI is InChI=1S/C28H28N2O5/c1-33-24-10-9-17(13-22(24)31)28-27-21(29-19-6-4-5-7-20(19)30-28)12-18(14-23(27)32)16-8-11-25(34-2)26(15-16)35-3/h4-11,13,15,18,28-31H,12,14H2,1-3H3/t18-,28+/m1/s1. The van der Waals surface area contributed by atoms with Crippen molar-refractivity contribution in [1.82, 2.24) is 0 Å². The van der Waals surface area contributed by atoms with Gasteiger partial charge in [0.1, 0.15) is 0 Å². The number of aromatic hydroxyl groups is 1. The van der Waals surface area contributed by atoms with Gasteiger partial charge < -0.3 is 30.0 Å². The summed E-state index contributed by atoms with van der Waals surface area (Å²) >= 11 is 0. The molecule has 2 aliphatic rings. The Kier molecular flexibility index (Phi) is 5.99. The third-order valence-electron chi connectivity index (χ3n) is 6.72. The van der Waals surface area contributed by atoms with Crippen molar-refractivity contribution in [3.05, 3.63) is 83.1 Å². The summed E-state index contributed by atoms with van der Waals surface area (Å²) in [6.45, 7) is 0. The van der Waals surface area contributed by atoms with Crippen LogP contribution in [-0.2, 0) is 4.79 Å². The van der Waals surface area contributed by atoms with Crippen molar-refractivity contribution in [3.8, 4) is 23.0 Å². The second-order valence-electron chi connectivity index (χ2n) is 8.71. The maximum absolute atomic E-state index is 13.7. The number of phenolic OH excluding ortho intramolecular Hbond substituents is 1. The highest BCUT2D eigenvalue weighted by atomic mass is 16.5. The molecule has 0 spiro atoms. The lowest BCUT2D eigenvalue weighted by atomic mass is 9.78. The molecule has 180 valence electrons. The molecule has 0 saturated carbocycles. The van der Waals surface area contributed by atoms with Crippen molar-refractivity contribution in [2.75, 3.05) is 32.0 Å². The van der Waals surface area contributed by atoms with Crippen LogP contribution in [0.4, 0.5) is 11.4 Å². The molecule has 3 aromatic carbocycles. The van der Waals surface area contributed by atoms with Gasteiger partial charge in [-0.2, -0.15) is 0 Å². The van der Waals surface area contributed by atoms with E-state index in [1.54, 1.807) is 26.4 Å². The Balaban J connectivity index is 1.58. The first-order chi connectivity index (χ1) is 17.0. The number of benzene rings is 3. The number of hydrogen-bond acceptors (Lipinski definition) is 7. The molecule has 1 heterocycles. The predicted molar refractivity (Wildman–Crippen MR) is 135 cm³/mol. The van der Waals surface area contributed by atoms with Gasteiger partial charge in [-0.25, -0.2) is 0 Å². The minimum Gasteiger partial charge on any atom is -0.504 e. The van der Waals surface area contributed by atoms with Gasteiger partial charge in [0.25, 0.3) is 0 Å². The molecule has 0 bridgehead atoms. The number of carbonyl (C=O) groups excluding carboxylic acids is 1. The molecular formula is C28H28N2O5. The Morgan fingerprint density at radius 2 is 1.49 bits per heavy atom. The third kappa shape index (κ3) is 4.14. The first kappa shape index (κ1) is 22.7. The molecular weight excluding hydrogens is 444 g/mol. The number of fused-ring (bicyclic) bond motifs is 1. The number of carbonyl (C=O) groups is 1. The summed E-state index contributed by atoms with van der Waals surface area (Å²) in [5, 5.41) is 17.5. The van der Waals surface area contributed by atoms with Crippen molar-refractivity contribution >= 4 is 17.2 Å². The number of anilines is 2. The molecule has 3 aromatic rings. The zero-order chi connectivity index (χ0) is 24.5. The van der Waals surface area contributed by atoms with E-state index in [0.29, 0.717) is 35.7 Å². The van der Waals surface area contributed by atoms with E-state index < -0.39 is 6.04 Å². The van der Waals surface area contributed by atoms with Crippen molar-refractivity contribution < 1.29 is 24.1 Å². The highest BCUT2D eigenvalue weighted by Gasteiger charge is 2.36. The predicted octanol–water partition coefficient (Wildman–Crippen LogP) is 5.40. The van der Waals surface area contributed by atoms with Crippen molar-refractivity contribution in [2.45, 2.75) is 24.8 Å². The van der Waals surface area contributed by atoms with Gasteiger partial charge in [-0.15, -0.1) is 0 Å². The zero-order valence-corrected chi connectivity index (χ0v) is 19.9. The van der Waals surface area contributed by atoms with Crippen LogP contribution >= 0.6 is 0 Å². The molecule has 2 atom stereocenters. The molecule has 5 rings (SSSR count). The number of Topliss-reactive ketones (excluding diaryl/α,β-unsaturated/α-hetero) is 1. The summed E-state index contributed by atoms with van der Waals surface area (Å²) in [6, 6.07) is 18.5. The van der Waals surface area contributed by atoms with Crippen molar-refractivity contribution in [3.63, 3.8) is 0 Å². The summed E-state index contributed by atoms with van der Waals surface area (Å²) in [4.78, 5) is 13.7. The average Bonchev–Trinajstić information content (AvgIpc) is 3.05. The smallest absolute Gasteiger partial charge is 0.163 e. The first-order valence-corrected chi connectivity index (χ1v) is 11.5. The number of methoxy groups -OCH3 is 3. The fourth-order valence-corrected chi connectivity index (χ4v) is 4.97. The highest BCUT2D eigenvalue weighted by Crippen LogP contribution is 2.46. The normalized spacial score (nSPS) is 19.0. The van der Waals surface area contributed by atoms with E-state index in [9.17, 15) is 9.90 Å². The van der Waals surface area contributed by atoms with Crippen LogP contribution in [0.5, 0.6) is 23.0 Å². The summed E-state index contributed by atoms with van der Waals surface area (Å²) in [6.07, 6.45) is 1.03. The van der Waals surface area contributed by atoms with Gasteiger partial charge in [0.2, 0.25) is 0 Å².